The Morgan fingerprint density at radius 3 is 2.39 bits per heavy atom. The predicted octanol–water partition coefficient (Wildman–Crippen LogP) is 4.42. The number of aromatic nitrogens is 1. The van der Waals surface area contributed by atoms with Gasteiger partial charge < -0.3 is 14.2 Å². The Balaban J connectivity index is 1.90. The first-order valence-corrected chi connectivity index (χ1v) is 9.64. The molecule has 0 saturated carbocycles. The first kappa shape index (κ1) is 19.8. The van der Waals surface area contributed by atoms with Crippen molar-refractivity contribution in [2.45, 2.75) is 13.3 Å². The quantitative estimate of drug-likeness (QED) is 0.583. The number of carbonyl (C=O) groups is 1. The van der Waals surface area contributed by atoms with Gasteiger partial charge in [-0.2, -0.15) is 0 Å². The number of nitrogens with zero attached hydrogens (tertiary/aromatic N) is 3. The topological polar surface area (TPSA) is 49.6 Å². The normalized spacial score (nSPS) is 11.0. The molecule has 3 rings (SSSR count). The number of benzene rings is 2. The van der Waals surface area contributed by atoms with Crippen molar-refractivity contribution in [3.05, 3.63) is 66.4 Å². The Morgan fingerprint density at radius 1 is 0.964 bits per heavy atom. The van der Waals surface area contributed by atoms with Gasteiger partial charge in [0.1, 0.15) is 0 Å². The van der Waals surface area contributed by atoms with Crippen LogP contribution >= 0.6 is 0 Å². The molecule has 0 saturated heterocycles. The van der Waals surface area contributed by atoms with E-state index in [9.17, 15) is 4.79 Å². The molecule has 0 radical (unpaired) electrons. The molecule has 0 N–H and O–H groups in total. The fraction of sp³-hybridized carbons (Fsp3) is 0.304. The van der Waals surface area contributed by atoms with Crippen LogP contribution in [0.5, 0.6) is 0 Å². The largest absolute Gasteiger partial charge is 0.436 e. The minimum atomic E-state index is 0.0127. The molecule has 5 nitrogen and oxygen atoms in total. The number of amides is 1. The van der Waals surface area contributed by atoms with Crippen LogP contribution in [0.1, 0.15) is 23.7 Å². The molecule has 146 valence electrons. The SMILES string of the molecule is CCCN(CCN(C)C)C(=O)c1ccccc1-c1ncc(-c2ccccc2)o1. The van der Waals surface area contributed by atoms with Crippen LogP contribution < -0.4 is 0 Å². The Kier molecular flexibility index (Phi) is 6.61. The molecule has 0 bridgehead atoms. The maximum atomic E-state index is 13.3. The molecule has 1 aromatic heterocycles. The van der Waals surface area contributed by atoms with Gasteiger partial charge in [-0.1, -0.05) is 49.4 Å². The van der Waals surface area contributed by atoms with Crippen molar-refractivity contribution in [1.82, 2.24) is 14.8 Å². The van der Waals surface area contributed by atoms with Gasteiger partial charge >= 0.3 is 0 Å². The minimum Gasteiger partial charge on any atom is -0.436 e. The van der Waals surface area contributed by atoms with Gasteiger partial charge in [0.2, 0.25) is 5.89 Å². The average molecular weight is 377 g/mol. The average Bonchev–Trinajstić information content (AvgIpc) is 3.21. The van der Waals surface area contributed by atoms with Gasteiger partial charge in [0.25, 0.3) is 5.91 Å². The second-order valence-corrected chi connectivity index (χ2v) is 7.04. The number of carbonyl (C=O) groups excluding carboxylic acids is 1. The molecule has 0 aliphatic rings. The zero-order valence-electron chi connectivity index (χ0n) is 16.8. The summed E-state index contributed by atoms with van der Waals surface area (Å²) in [7, 11) is 4.03. The molecule has 0 aliphatic heterocycles. The third-order valence-corrected chi connectivity index (χ3v) is 4.55. The monoisotopic (exact) mass is 377 g/mol. The lowest BCUT2D eigenvalue weighted by Gasteiger charge is -2.24. The maximum Gasteiger partial charge on any atom is 0.254 e. The maximum absolute atomic E-state index is 13.3. The zero-order valence-corrected chi connectivity index (χ0v) is 16.8. The third-order valence-electron chi connectivity index (χ3n) is 4.55. The Bertz CT molecular complexity index is 903. The van der Waals surface area contributed by atoms with E-state index in [1.807, 2.05) is 73.6 Å². The fourth-order valence-electron chi connectivity index (χ4n) is 3.07. The van der Waals surface area contributed by atoms with Crippen molar-refractivity contribution in [3.8, 4) is 22.8 Å². The molecule has 3 aromatic rings. The van der Waals surface area contributed by atoms with Crippen molar-refractivity contribution in [1.29, 1.82) is 0 Å². The molecule has 0 fully saturated rings. The Morgan fingerprint density at radius 2 is 1.68 bits per heavy atom. The zero-order chi connectivity index (χ0) is 19.9. The van der Waals surface area contributed by atoms with Crippen LogP contribution in [-0.4, -0.2) is 54.4 Å². The molecular formula is C23H27N3O2. The van der Waals surface area contributed by atoms with Crippen molar-refractivity contribution in [2.24, 2.45) is 0 Å². The van der Waals surface area contributed by atoms with E-state index in [1.54, 1.807) is 6.20 Å². The van der Waals surface area contributed by atoms with E-state index >= 15 is 0 Å². The molecule has 0 atom stereocenters. The predicted molar refractivity (Wildman–Crippen MR) is 112 cm³/mol. The second-order valence-electron chi connectivity index (χ2n) is 7.04. The van der Waals surface area contributed by atoms with Crippen LogP contribution in [0.15, 0.2) is 65.2 Å². The van der Waals surface area contributed by atoms with Crippen LogP contribution in [-0.2, 0) is 0 Å². The molecule has 5 heteroatoms. The summed E-state index contributed by atoms with van der Waals surface area (Å²) in [5, 5.41) is 0. The summed E-state index contributed by atoms with van der Waals surface area (Å²) >= 11 is 0. The van der Waals surface area contributed by atoms with Gasteiger partial charge in [-0.05, 0) is 32.6 Å². The summed E-state index contributed by atoms with van der Waals surface area (Å²) < 4.78 is 5.99. The van der Waals surface area contributed by atoms with Gasteiger partial charge in [0.15, 0.2) is 5.76 Å². The van der Waals surface area contributed by atoms with Crippen LogP contribution in [0.2, 0.25) is 0 Å². The van der Waals surface area contributed by atoms with E-state index in [0.717, 1.165) is 30.6 Å². The Hall–Kier alpha value is -2.92. The number of hydrogen-bond acceptors (Lipinski definition) is 4. The molecular weight excluding hydrogens is 350 g/mol. The van der Waals surface area contributed by atoms with Crippen LogP contribution in [0, 0.1) is 0 Å². The third kappa shape index (κ3) is 4.67. The number of oxazole rings is 1. The van der Waals surface area contributed by atoms with E-state index in [0.29, 0.717) is 23.8 Å². The van der Waals surface area contributed by atoms with Gasteiger partial charge in [0, 0.05) is 30.8 Å². The van der Waals surface area contributed by atoms with Crippen molar-refractivity contribution >= 4 is 5.91 Å². The lowest BCUT2D eigenvalue weighted by Crippen LogP contribution is -2.37. The Labute approximate surface area is 166 Å². The highest BCUT2D eigenvalue weighted by atomic mass is 16.4. The van der Waals surface area contributed by atoms with E-state index in [-0.39, 0.29) is 5.91 Å². The molecule has 1 heterocycles. The second kappa shape index (κ2) is 9.33. The lowest BCUT2D eigenvalue weighted by molar-refractivity contribution is 0.0745. The fourth-order valence-corrected chi connectivity index (χ4v) is 3.07. The van der Waals surface area contributed by atoms with E-state index in [4.69, 9.17) is 4.42 Å². The van der Waals surface area contributed by atoms with Gasteiger partial charge in [0.05, 0.1) is 11.8 Å². The van der Waals surface area contributed by atoms with E-state index in [1.165, 1.54) is 0 Å². The first-order valence-electron chi connectivity index (χ1n) is 9.64. The van der Waals surface area contributed by atoms with Gasteiger partial charge in [-0.3, -0.25) is 4.79 Å². The summed E-state index contributed by atoms with van der Waals surface area (Å²) in [6.07, 6.45) is 2.63. The van der Waals surface area contributed by atoms with Crippen molar-refractivity contribution < 1.29 is 9.21 Å². The molecule has 0 aliphatic carbocycles. The molecule has 28 heavy (non-hydrogen) atoms. The number of hydrogen-bond donors (Lipinski definition) is 0. The van der Waals surface area contributed by atoms with Crippen LogP contribution in [0.4, 0.5) is 0 Å². The van der Waals surface area contributed by atoms with E-state index in [2.05, 4.69) is 16.8 Å². The summed E-state index contributed by atoms with van der Waals surface area (Å²) in [4.78, 5) is 21.7. The first-order chi connectivity index (χ1) is 13.6. The molecule has 0 unspecified atom stereocenters. The lowest BCUT2D eigenvalue weighted by atomic mass is 10.1. The summed E-state index contributed by atoms with van der Waals surface area (Å²) in [6, 6.07) is 17.4. The highest BCUT2D eigenvalue weighted by molar-refractivity contribution is 6.00. The molecule has 0 spiro atoms. The van der Waals surface area contributed by atoms with Crippen molar-refractivity contribution in [3.63, 3.8) is 0 Å². The van der Waals surface area contributed by atoms with Crippen molar-refractivity contribution in [2.75, 3.05) is 33.7 Å². The molecule has 2 aromatic carbocycles. The summed E-state index contributed by atoms with van der Waals surface area (Å²) in [5.41, 5.74) is 2.31. The van der Waals surface area contributed by atoms with Crippen LogP contribution in [0.25, 0.3) is 22.8 Å². The summed E-state index contributed by atoms with van der Waals surface area (Å²) in [5.74, 6) is 1.17. The standard InChI is InChI=1S/C23H27N3O2/c1-4-14-26(16-15-25(2)3)23(27)20-13-9-8-12-19(20)22-24-17-21(28-22)18-10-6-5-7-11-18/h5-13,17H,4,14-16H2,1-3H3. The van der Waals surface area contributed by atoms with Gasteiger partial charge in [-0.25, -0.2) is 4.98 Å². The van der Waals surface area contributed by atoms with E-state index < -0.39 is 0 Å². The highest BCUT2D eigenvalue weighted by Gasteiger charge is 2.21. The highest BCUT2D eigenvalue weighted by Crippen LogP contribution is 2.28. The van der Waals surface area contributed by atoms with Gasteiger partial charge in [-0.15, -0.1) is 0 Å². The minimum absolute atomic E-state index is 0.0127. The number of rotatable bonds is 8. The summed E-state index contributed by atoms with van der Waals surface area (Å²) in [6.45, 7) is 4.32. The smallest absolute Gasteiger partial charge is 0.254 e. The number of likely N-dealkylation sites (N-methyl/N-ethyl adjacent to an activating group) is 1. The molecule has 1 amide bonds. The van der Waals surface area contributed by atoms with Crippen LogP contribution in [0.3, 0.4) is 0 Å².